The number of esters is 3. The molecule has 5 aliphatic rings. The highest BCUT2D eigenvalue weighted by molar-refractivity contribution is 5.89. The molecule has 8 atom stereocenters. The summed E-state index contributed by atoms with van der Waals surface area (Å²) in [7, 11) is 1.54. The molecule has 0 saturated heterocycles. The Hall–Kier alpha value is -2.63. The van der Waals surface area contributed by atoms with Gasteiger partial charge in [-0.2, -0.15) is 0 Å². The minimum absolute atomic E-state index is 0.0361. The maximum Gasteiger partial charge on any atom is 0.338 e. The maximum absolute atomic E-state index is 13.8. The first-order chi connectivity index (χ1) is 21.6. The standard InChI is InChI=1S/C40H56O6/c1-26(41)46-32-17-18-37(6)30(36(32,4)5)16-19-38(7)31(37)15-14-28-29-24-35(2,3)20-21-39(29,34(43)44-8)22-23-40(28,38)25-45-33(42)27-12-10-9-11-13-27/h9-14,29-32H,15-25H2,1-8H3/t29-,30-,31+,32-,37-,38+,39-,40-/m0/s1. The molecule has 6 nitrogen and oxygen atoms in total. The molecule has 0 amide bonds. The quantitative estimate of drug-likeness (QED) is 0.184. The van der Waals surface area contributed by atoms with Crippen molar-refractivity contribution >= 4 is 17.9 Å². The minimum Gasteiger partial charge on any atom is -0.469 e. The summed E-state index contributed by atoms with van der Waals surface area (Å²) in [5.41, 5.74) is 0.887. The number of hydrogen-bond donors (Lipinski definition) is 0. The minimum atomic E-state index is -0.530. The fourth-order valence-corrected chi connectivity index (χ4v) is 12.2. The van der Waals surface area contributed by atoms with E-state index in [1.54, 1.807) is 7.11 Å². The van der Waals surface area contributed by atoms with Crippen LogP contribution in [0.25, 0.3) is 0 Å². The molecule has 0 aliphatic heterocycles. The number of methoxy groups -OCH3 is 1. The van der Waals surface area contributed by atoms with Gasteiger partial charge in [0.25, 0.3) is 0 Å². The fraction of sp³-hybridized carbons (Fsp3) is 0.725. The number of fused-ring (bicyclic) bond motifs is 7. The van der Waals surface area contributed by atoms with Crippen molar-refractivity contribution in [3.63, 3.8) is 0 Å². The van der Waals surface area contributed by atoms with Gasteiger partial charge in [-0.05, 0) is 110 Å². The Morgan fingerprint density at radius 3 is 2.22 bits per heavy atom. The van der Waals surface area contributed by atoms with Gasteiger partial charge in [-0.25, -0.2) is 4.79 Å². The Kier molecular flexibility index (Phi) is 8.12. The summed E-state index contributed by atoms with van der Waals surface area (Å²) < 4.78 is 17.9. The lowest BCUT2D eigenvalue weighted by molar-refractivity contribution is -0.220. The van der Waals surface area contributed by atoms with Crippen LogP contribution in [0.15, 0.2) is 42.0 Å². The van der Waals surface area contributed by atoms with Crippen LogP contribution in [0.4, 0.5) is 0 Å². The second-order valence-electron chi connectivity index (χ2n) is 17.5. The van der Waals surface area contributed by atoms with Gasteiger partial charge in [0.1, 0.15) is 12.7 Å². The van der Waals surface area contributed by atoms with Crippen molar-refractivity contribution in [1.82, 2.24) is 0 Å². The van der Waals surface area contributed by atoms with Crippen LogP contribution in [0.2, 0.25) is 0 Å². The molecule has 4 fully saturated rings. The van der Waals surface area contributed by atoms with Crippen LogP contribution < -0.4 is 0 Å². The third-order valence-electron chi connectivity index (χ3n) is 14.6. The predicted molar refractivity (Wildman–Crippen MR) is 178 cm³/mol. The van der Waals surface area contributed by atoms with Crippen LogP contribution in [0.1, 0.15) is 123 Å². The lowest BCUT2D eigenvalue weighted by Gasteiger charge is -2.71. The van der Waals surface area contributed by atoms with E-state index in [4.69, 9.17) is 14.2 Å². The molecule has 46 heavy (non-hydrogen) atoms. The molecular weight excluding hydrogens is 576 g/mol. The van der Waals surface area contributed by atoms with E-state index in [2.05, 4.69) is 47.6 Å². The predicted octanol–water partition coefficient (Wildman–Crippen LogP) is 8.73. The van der Waals surface area contributed by atoms with E-state index in [-0.39, 0.29) is 57.0 Å². The van der Waals surface area contributed by atoms with E-state index in [1.807, 2.05) is 30.3 Å². The lowest BCUT2D eigenvalue weighted by atomic mass is 9.33. The first-order valence-electron chi connectivity index (χ1n) is 17.7. The van der Waals surface area contributed by atoms with Crippen LogP contribution >= 0.6 is 0 Å². The Balaban J connectivity index is 1.45. The summed E-state index contributed by atoms with van der Waals surface area (Å²) in [6.45, 7) is 16.1. The third-order valence-corrected chi connectivity index (χ3v) is 14.6. The van der Waals surface area contributed by atoms with Crippen LogP contribution in [-0.4, -0.2) is 37.7 Å². The summed E-state index contributed by atoms with van der Waals surface area (Å²) in [6.07, 6.45) is 11.6. The first kappa shape index (κ1) is 33.3. The molecule has 4 saturated carbocycles. The second-order valence-corrected chi connectivity index (χ2v) is 17.5. The summed E-state index contributed by atoms with van der Waals surface area (Å²) >= 11 is 0. The van der Waals surface area contributed by atoms with Gasteiger partial charge in [0, 0.05) is 17.8 Å². The smallest absolute Gasteiger partial charge is 0.338 e. The summed E-state index contributed by atoms with van der Waals surface area (Å²) in [5.74, 6) is 0.291. The number of benzene rings is 1. The Bertz CT molecular complexity index is 1410. The van der Waals surface area contributed by atoms with Gasteiger partial charge >= 0.3 is 17.9 Å². The van der Waals surface area contributed by atoms with Crippen LogP contribution in [0.3, 0.4) is 0 Å². The number of carbonyl (C=O) groups is 3. The molecule has 0 spiro atoms. The summed E-state index contributed by atoms with van der Waals surface area (Å²) in [6, 6.07) is 9.32. The SMILES string of the molecule is COC(=O)[C@]12CCC(C)(C)C[C@H]1C1=CC[C@@H]3[C@@]4(C)CC[C@H](OC(C)=O)C(C)(C)[C@@H]4CC[C@@]3(C)[C@]1(COC(=O)c1ccccc1)CC2. The highest BCUT2D eigenvalue weighted by atomic mass is 16.5. The van der Waals surface area contributed by atoms with Gasteiger partial charge in [0.05, 0.1) is 18.1 Å². The van der Waals surface area contributed by atoms with Gasteiger partial charge in [0.2, 0.25) is 0 Å². The molecule has 0 bridgehead atoms. The molecule has 0 aromatic heterocycles. The highest BCUT2D eigenvalue weighted by Crippen LogP contribution is 2.76. The van der Waals surface area contributed by atoms with E-state index in [0.29, 0.717) is 24.0 Å². The third kappa shape index (κ3) is 4.81. The number of ether oxygens (including phenoxy) is 3. The molecule has 0 radical (unpaired) electrons. The van der Waals surface area contributed by atoms with Crippen molar-refractivity contribution in [3.05, 3.63) is 47.5 Å². The van der Waals surface area contributed by atoms with Crippen LogP contribution in [0, 0.1) is 50.2 Å². The zero-order chi connectivity index (χ0) is 33.3. The van der Waals surface area contributed by atoms with Crippen LogP contribution in [-0.2, 0) is 23.8 Å². The van der Waals surface area contributed by atoms with E-state index in [9.17, 15) is 14.4 Å². The molecule has 0 heterocycles. The van der Waals surface area contributed by atoms with Crippen molar-refractivity contribution in [3.8, 4) is 0 Å². The second kappa shape index (κ2) is 11.2. The zero-order valence-corrected chi connectivity index (χ0v) is 29.5. The molecule has 0 N–H and O–H groups in total. The summed E-state index contributed by atoms with van der Waals surface area (Å²) in [5, 5.41) is 0. The van der Waals surface area contributed by atoms with Crippen molar-refractivity contribution in [2.75, 3.05) is 13.7 Å². The molecular formula is C40H56O6. The average molecular weight is 633 g/mol. The Labute approximate surface area is 276 Å². The van der Waals surface area contributed by atoms with Crippen molar-refractivity contribution in [2.24, 2.45) is 50.2 Å². The van der Waals surface area contributed by atoms with E-state index >= 15 is 0 Å². The van der Waals surface area contributed by atoms with Gasteiger partial charge < -0.3 is 14.2 Å². The Morgan fingerprint density at radius 2 is 1.54 bits per heavy atom. The van der Waals surface area contributed by atoms with Gasteiger partial charge in [-0.15, -0.1) is 0 Å². The van der Waals surface area contributed by atoms with Crippen molar-refractivity contribution in [1.29, 1.82) is 0 Å². The zero-order valence-electron chi connectivity index (χ0n) is 29.5. The van der Waals surface area contributed by atoms with Gasteiger partial charge in [-0.3, -0.25) is 9.59 Å². The largest absolute Gasteiger partial charge is 0.469 e. The van der Waals surface area contributed by atoms with Crippen LogP contribution in [0.5, 0.6) is 0 Å². The maximum atomic E-state index is 13.8. The number of hydrogen-bond acceptors (Lipinski definition) is 6. The molecule has 6 heteroatoms. The number of rotatable bonds is 5. The average Bonchev–Trinajstić information content (AvgIpc) is 3.01. The number of carbonyl (C=O) groups excluding carboxylic acids is 3. The van der Waals surface area contributed by atoms with Crippen molar-refractivity contribution in [2.45, 2.75) is 119 Å². The number of allylic oxidation sites excluding steroid dienone is 1. The summed E-state index contributed by atoms with van der Waals surface area (Å²) in [4.78, 5) is 39.4. The fourth-order valence-electron chi connectivity index (χ4n) is 12.2. The molecule has 5 aliphatic carbocycles. The molecule has 1 aromatic rings. The van der Waals surface area contributed by atoms with E-state index < -0.39 is 5.41 Å². The van der Waals surface area contributed by atoms with Crippen molar-refractivity contribution < 1.29 is 28.6 Å². The topological polar surface area (TPSA) is 78.9 Å². The van der Waals surface area contributed by atoms with Gasteiger partial charge in [-0.1, -0.05) is 71.4 Å². The van der Waals surface area contributed by atoms with E-state index in [0.717, 1.165) is 64.2 Å². The van der Waals surface area contributed by atoms with E-state index in [1.165, 1.54) is 12.5 Å². The molecule has 0 unspecified atom stereocenters. The highest BCUT2D eigenvalue weighted by Gasteiger charge is 2.71. The molecule has 252 valence electrons. The lowest BCUT2D eigenvalue weighted by Crippen LogP contribution is -2.67. The molecule has 6 rings (SSSR count). The Morgan fingerprint density at radius 1 is 0.848 bits per heavy atom. The van der Waals surface area contributed by atoms with Gasteiger partial charge in [0.15, 0.2) is 0 Å². The molecule has 1 aromatic carbocycles. The monoisotopic (exact) mass is 632 g/mol. The first-order valence-corrected chi connectivity index (χ1v) is 17.7. The normalized spacial score (nSPS) is 40.5.